The number of fused-ring (bicyclic) bond motifs is 1. The van der Waals surface area contributed by atoms with E-state index in [1.165, 1.54) is 48.4 Å². The maximum Gasteiger partial charge on any atom is 0.119 e. The molecular formula is C19H23BrO. The van der Waals surface area contributed by atoms with Crippen LogP contribution >= 0.6 is 15.9 Å². The van der Waals surface area contributed by atoms with Crippen LogP contribution in [0.4, 0.5) is 0 Å². The molecule has 0 aromatic heterocycles. The molecule has 2 aromatic rings. The first-order chi connectivity index (χ1) is 10.2. The fourth-order valence-corrected chi connectivity index (χ4v) is 4.81. The van der Waals surface area contributed by atoms with Crippen molar-refractivity contribution in [2.75, 3.05) is 7.11 Å². The summed E-state index contributed by atoms with van der Waals surface area (Å²) in [4.78, 5) is 0.462. The van der Waals surface area contributed by atoms with Gasteiger partial charge in [-0.2, -0.15) is 0 Å². The first kappa shape index (κ1) is 14.9. The lowest BCUT2D eigenvalue weighted by Gasteiger charge is -2.33. The molecule has 0 amide bonds. The van der Waals surface area contributed by atoms with Crippen molar-refractivity contribution in [3.63, 3.8) is 0 Å². The van der Waals surface area contributed by atoms with E-state index in [9.17, 15) is 0 Å². The highest BCUT2D eigenvalue weighted by molar-refractivity contribution is 9.09. The second-order valence-electron chi connectivity index (χ2n) is 6.26. The minimum Gasteiger partial charge on any atom is -0.497 e. The minimum atomic E-state index is 0.445. The lowest BCUT2D eigenvalue weighted by atomic mass is 9.77. The first-order valence-electron chi connectivity index (χ1n) is 7.90. The molecule has 1 atom stereocenters. The van der Waals surface area contributed by atoms with Gasteiger partial charge in [-0.1, -0.05) is 53.9 Å². The molecule has 2 heteroatoms. The quantitative estimate of drug-likeness (QED) is 0.594. The molecule has 1 aliphatic rings. The highest BCUT2D eigenvalue weighted by atomic mass is 79.9. The average molecular weight is 347 g/mol. The Morgan fingerprint density at radius 3 is 2.43 bits per heavy atom. The molecule has 1 fully saturated rings. The van der Waals surface area contributed by atoms with E-state index in [-0.39, 0.29) is 0 Å². The molecule has 1 saturated carbocycles. The molecule has 112 valence electrons. The third kappa shape index (κ3) is 2.70. The first-order valence-corrected chi connectivity index (χ1v) is 8.82. The Morgan fingerprint density at radius 2 is 1.76 bits per heavy atom. The predicted molar refractivity (Wildman–Crippen MR) is 93.4 cm³/mol. The van der Waals surface area contributed by atoms with Gasteiger partial charge in [-0.3, -0.25) is 0 Å². The normalized spacial score (nSPS) is 18.8. The van der Waals surface area contributed by atoms with Gasteiger partial charge in [-0.15, -0.1) is 0 Å². The second-order valence-corrected chi connectivity index (χ2v) is 7.17. The number of ether oxygens (including phenoxy) is 1. The molecule has 3 rings (SSSR count). The van der Waals surface area contributed by atoms with E-state index in [2.05, 4.69) is 53.2 Å². The lowest BCUT2D eigenvalue weighted by Crippen LogP contribution is -2.21. The van der Waals surface area contributed by atoms with Crippen LogP contribution in [0.5, 0.6) is 5.75 Å². The summed E-state index contributed by atoms with van der Waals surface area (Å²) in [5.74, 6) is 0.923. The number of hydrogen-bond acceptors (Lipinski definition) is 1. The molecule has 1 nitrogen and oxygen atoms in total. The number of benzene rings is 2. The summed E-state index contributed by atoms with van der Waals surface area (Å²) in [5.41, 5.74) is 1.86. The maximum absolute atomic E-state index is 5.31. The summed E-state index contributed by atoms with van der Waals surface area (Å²) in [6, 6.07) is 13.1. The van der Waals surface area contributed by atoms with Crippen molar-refractivity contribution in [3.05, 3.63) is 42.0 Å². The van der Waals surface area contributed by atoms with Crippen molar-refractivity contribution in [3.8, 4) is 5.75 Å². The number of halogens is 1. The zero-order chi connectivity index (χ0) is 14.9. The number of rotatable bonds is 4. The van der Waals surface area contributed by atoms with Crippen LogP contribution in [-0.4, -0.2) is 7.11 Å². The van der Waals surface area contributed by atoms with Gasteiger partial charge in [0.1, 0.15) is 5.75 Å². The van der Waals surface area contributed by atoms with E-state index in [4.69, 9.17) is 4.74 Å². The van der Waals surface area contributed by atoms with Crippen molar-refractivity contribution in [2.24, 2.45) is 5.41 Å². The summed E-state index contributed by atoms with van der Waals surface area (Å²) in [6.07, 6.45) is 6.70. The zero-order valence-corrected chi connectivity index (χ0v) is 14.4. The van der Waals surface area contributed by atoms with Crippen LogP contribution in [0.15, 0.2) is 36.4 Å². The molecule has 1 unspecified atom stereocenters. The van der Waals surface area contributed by atoms with E-state index in [0.717, 1.165) is 5.75 Å². The summed E-state index contributed by atoms with van der Waals surface area (Å²) in [6.45, 7) is 2.34. The molecule has 0 aliphatic heterocycles. The van der Waals surface area contributed by atoms with Crippen molar-refractivity contribution in [1.29, 1.82) is 0 Å². The fourth-order valence-electron chi connectivity index (χ4n) is 3.75. The summed E-state index contributed by atoms with van der Waals surface area (Å²) in [5, 5.41) is 2.54. The van der Waals surface area contributed by atoms with Gasteiger partial charge in [0, 0.05) is 4.83 Å². The maximum atomic E-state index is 5.31. The van der Waals surface area contributed by atoms with Crippen molar-refractivity contribution in [2.45, 2.75) is 43.9 Å². The van der Waals surface area contributed by atoms with Crippen LogP contribution in [0.1, 0.15) is 49.4 Å². The smallest absolute Gasteiger partial charge is 0.119 e. The molecule has 0 N–H and O–H groups in total. The van der Waals surface area contributed by atoms with E-state index < -0.39 is 0 Å². The van der Waals surface area contributed by atoms with Gasteiger partial charge in [0.25, 0.3) is 0 Å². The van der Waals surface area contributed by atoms with Gasteiger partial charge < -0.3 is 4.74 Å². The van der Waals surface area contributed by atoms with E-state index in [1.54, 1.807) is 7.11 Å². The zero-order valence-electron chi connectivity index (χ0n) is 12.9. The van der Waals surface area contributed by atoms with Crippen LogP contribution in [-0.2, 0) is 0 Å². The Hall–Kier alpha value is -1.02. The van der Waals surface area contributed by atoms with Crippen LogP contribution in [0.25, 0.3) is 10.8 Å². The van der Waals surface area contributed by atoms with Gasteiger partial charge in [-0.05, 0) is 59.2 Å². The molecule has 0 bridgehead atoms. The summed E-state index contributed by atoms with van der Waals surface area (Å²) >= 11 is 4.02. The van der Waals surface area contributed by atoms with E-state index in [1.807, 2.05) is 6.07 Å². The number of methoxy groups -OCH3 is 1. The predicted octanol–water partition coefficient (Wildman–Crippen LogP) is 6.25. The molecule has 2 aromatic carbocycles. The average Bonchev–Trinajstić information content (AvgIpc) is 3.03. The fraction of sp³-hybridized carbons (Fsp3) is 0.474. The number of hydrogen-bond donors (Lipinski definition) is 0. The van der Waals surface area contributed by atoms with Crippen molar-refractivity contribution in [1.82, 2.24) is 0 Å². The van der Waals surface area contributed by atoms with Crippen LogP contribution in [0, 0.1) is 5.41 Å². The highest BCUT2D eigenvalue weighted by Gasteiger charge is 2.39. The molecule has 0 saturated heterocycles. The minimum absolute atomic E-state index is 0.445. The van der Waals surface area contributed by atoms with Gasteiger partial charge in [-0.25, -0.2) is 0 Å². The lowest BCUT2D eigenvalue weighted by molar-refractivity contribution is 0.279. The van der Waals surface area contributed by atoms with Crippen molar-refractivity contribution >= 4 is 26.7 Å². The third-order valence-corrected chi connectivity index (χ3v) is 6.71. The Bertz CT molecular complexity index is 628. The summed E-state index contributed by atoms with van der Waals surface area (Å²) in [7, 11) is 1.72. The SMILES string of the molecule is CCC1(C(Br)c2ccc3cc(OC)ccc3c2)CCCC1. The number of alkyl halides is 1. The van der Waals surface area contributed by atoms with E-state index in [0.29, 0.717) is 10.2 Å². The molecule has 1 aliphatic carbocycles. The van der Waals surface area contributed by atoms with Crippen LogP contribution < -0.4 is 4.74 Å². The van der Waals surface area contributed by atoms with Crippen LogP contribution in [0.3, 0.4) is 0 Å². The molecule has 0 radical (unpaired) electrons. The largest absolute Gasteiger partial charge is 0.497 e. The van der Waals surface area contributed by atoms with Gasteiger partial charge >= 0.3 is 0 Å². The third-order valence-electron chi connectivity index (χ3n) is 5.21. The van der Waals surface area contributed by atoms with Gasteiger partial charge in [0.05, 0.1) is 7.11 Å². The Morgan fingerprint density at radius 1 is 1.10 bits per heavy atom. The molecule has 0 spiro atoms. The Kier molecular flexibility index (Phi) is 4.26. The van der Waals surface area contributed by atoms with Gasteiger partial charge in [0.2, 0.25) is 0 Å². The van der Waals surface area contributed by atoms with Crippen molar-refractivity contribution < 1.29 is 4.74 Å². The highest BCUT2D eigenvalue weighted by Crippen LogP contribution is 2.54. The van der Waals surface area contributed by atoms with E-state index >= 15 is 0 Å². The second kappa shape index (κ2) is 6.00. The standard InChI is InChI=1S/C19H23BrO/c1-3-19(10-4-5-11-19)18(20)16-7-6-15-13-17(21-2)9-8-14(15)12-16/h6-9,12-13,18H,3-5,10-11H2,1-2H3. The monoisotopic (exact) mass is 346 g/mol. The molecule has 21 heavy (non-hydrogen) atoms. The molecule has 0 heterocycles. The topological polar surface area (TPSA) is 9.23 Å². The molecular weight excluding hydrogens is 324 g/mol. The van der Waals surface area contributed by atoms with Gasteiger partial charge in [0.15, 0.2) is 0 Å². The Labute approximate surface area is 135 Å². The van der Waals surface area contributed by atoms with Crippen LogP contribution in [0.2, 0.25) is 0 Å². The summed E-state index contributed by atoms with van der Waals surface area (Å²) < 4.78 is 5.31. The Balaban J connectivity index is 1.96.